The molecule has 0 bridgehead atoms. The summed E-state index contributed by atoms with van der Waals surface area (Å²) in [5, 5.41) is 2.45. The van der Waals surface area contributed by atoms with Gasteiger partial charge in [0.15, 0.2) is 0 Å². The van der Waals surface area contributed by atoms with Crippen molar-refractivity contribution in [3.63, 3.8) is 0 Å². The molecule has 0 N–H and O–H groups in total. The fourth-order valence-electron chi connectivity index (χ4n) is 3.29. The third-order valence-corrected chi connectivity index (χ3v) is 5.55. The van der Waals surface area contributed by atoms with E-state index in [1.165, 1.54) is 16.3 Å². The lowest BCUT2D eigenvalue weighted by Gasteiger charge is -2.32. The van der Waals surface area contributed by atoms with Crippen LogP contribution in [0, 0.1) is 0 Å². The second kappa shape index (κ2) is 4.56. The molecule has 2 heterocycles. The summed E-state index contributed by atoms with van der Waals surface area (Å²) in [5.74, 6) is 1.02. The highest BCUT2D eigenvalue weighted by Gasteiger charge is 2.59. The van der Waals surface area contributed by atoms with Crippen LogP contribution in [-0.2, 0) is 9.31 Å². The number of rotatable bonds is 2. The van der Waals surface area contributed by atoms with Crippen LogP contribution >= 0.6 is 0 Å². The molecule has 1 aromatic carbocycles. The second-order valence-corrected chi connectivity index (χ2v) is 7.61. The third kappa shape index (κ3) is 2.17. The first-order valence-corrected chi connectivity index (χ1v) is 8.07. The molecular formula is C18H22BNO2. The zero-order chi connectivity index (χ0) is 15.5. The largest absolute Gasteiger partial charge is 0.461 e. The Balaban J connectivity index is 1.54. The quantitative estimate of drug-likeness (QED) is 0.779. The van der Waals surface area contributed by atoms with E-state index >= 15 is 0 Å². The Hall–Kier alpha value is -1.39. The molecule has 1 saturated heterocycles. The molecule has 1 aliphatic carbocycles. The Kier molecular flexibility index (Phi) is 2.95. The Bertz CT molecular complexity index is 712. The lowest BCUT2D eigenvalue weighted by atomic mass is 9.79. The fraction of sp³-hybridized carbons (Fsp3) is 0.500. The average molecular weight is 295 g/mol. The van der Waals surface area contributed by atoms with Gasteiger partial charge in [0.2, 0.25) is 0 Å². The zero-order valence-electron chi connectivity index (χ0n) is 13.7. The molecule has 2 atom stereocenters. The Morgan fingerprint density at radius 3 is 2.50 bits per heavy atom. The first-order chi connectivity index (χ1) is 10.4. The number of benzene rings is 1. The maximum absolute atomic E-state index is 6.19. The van der Waals surface area contributed by atoms with Crippen LogP contribution in [0.2, 0.25) is 5.82 Å². The van der Waals surface area contributed by atoms with Crippen LogP contribution in [0.4, 0.5) is 0 Å². The van der Waals surface area contributed by atoms with E-state index in [1.807, 2.05) is 12.4 Å². The Labute approximate surface area is 132 Å². The number of fused-ring (bicyclic) bond motifs is 1. The van der Waals surface area contributed by atoms with Gasteiger partial charge in [-0.25, -0.2) is 0 Å². The summed E-state index contributed by atoms with van der Waals surface area (Å²) in [7, 11) is -0.0804. The van der Waals surface area contributed by atoms with Gasteiger partial charge in [-0.15, -0.1) is 0 Å². The SMILES string of the molecule is CC1(C)OB(C2CC2c2ccc3cnccc3c2)OC1(C)C. The van der Waals surface area contributed by atoms with E-state index in [2.05, 4.69) is 56.9 Å². The van der Waals surface area contributed by atoms with Gasteiger partial charge in [-0.05, 0) is 57.0 Å². The number of hydrogen-bond acceptors (Lipinski definition) is 3. The van der Waals surface area contributed by atoms with E-state index < -0.39 is 0 Å². The van der Waals surface area contributed by atoms with Gasteiger partial charge >= 0.3 is 7.12 Å². The van der Waals surface area contributed by atoms with Crippen molar-refractivity contribution in [2.45, 2.75) is 57.1 Å². The van der Waals surface area contributed by atoms with Gasteiger partial charge in [0.05, 0.1) is 11.2 Å². The first kappa shape index (κ1) is 14.2. The van der Waals surface area contributed by atoms with Crippen LogP contribution in [0.25, 0.3) is 10.8 Å². The van der Waals surface area contributed by atoms with Gasteiger partial charge in [-0.3, -0.25) is 4.98 Å². The maximum atomic E-state index is 6.19. The van der Waals surface area contributed by atoms with Crippen molar-refractivity contribution >= 4 is 17.9 Å². The number of hydrogen-bond donors (Lipinski definition) is 0. The summed E-state index contributed by atoms with van der Waals surface area (Å²) in [6, 6.07) is 8.75. The van der Waals surface area contributed by atoms with Crippen LogP contribution in [0.3, 0.4) is 0 Å². The molecule has 3 nitrogen and oxygen atoms in total. The van der Waals surface area contributed by atoms with Crippen LogP contribution in [0.15, 0.2) is 36.7 Å². The summed E-state index contributed by atoms with van der Waals surface area (Å²) in [5.41, 5.74) is 0.915. The van der Waals surface area contributed by atoms with Crippen molar-refractivity contribution in [2.24, 2.45) is 0 Å². The molecule has 4 rings (SSSR count). The molecule has 22 heavy (non-hydrogen) atoms. The molecule has 1 saturated carbocycles. The zero-order valence-corrected chi connectivity index (χ0v) is 13.7. The van der Waals surface area contributed by atoms with E-state index in [0.717, 1.165) is 6.42 Å². The molecule has 0 amide bonds. The minimum atomic E-state index is -0.236. The summed E-state index contributed by atoms with van der Waals surface area (Å²) in [4.78, 5) is 4.17. The minimum absolute atomic E-state index is 0.0804. The van der Waals surface area contributed by atoms with E-state index in [4.69, 9.17) is 9.31 Å². The van der Waals surface area contributed by atoms with Crippen LogP contribution in [-0.4, -0.2) is 23.3 Å². The molecule has 2 aromatic rings. The Morgan fingerprint density at radius 1 is 1.05 bits per heavy atom. The van der Waals surface area contributed by atoms with Crippen molar-refractivity contribution in [3.05, 3.63) is 42.2 Å². The van der Waals surface area contributed by atoms with E-state index in [0.29, 0.717) is 11.7 Å². The van der Waals surface area contributed by atoms with Crippen LogP contribution < -0.4 is 0 Å². The number of nitrogens with zero attached hydrogens (tertiary/aromatic N) is 1. The number of pyridine rings is 1. The van der Waals surface area contributed by atoms with E-state index in [-0.39, 0.29) is 18.3 Å². The third-order valence-electron chi connectivity index (χ3n) is 5.55. The van der Waals surface area contributed by atoms with Crippen molar-refractivity contribution in [1.82, 2.24) is 4.98 Å². The smallest absolute Gasteiger partial charge is 0.403 e. The van der Waals surface area contributed by atoms with Gasteiger partial charge in [-0.1, -0.05) is 18.2 Å². The lowest BCUT2D eigenvalue weighted by Crippen LogP contribution is -2.41. The molecule has 2 fully saturated rings. The van der Waals surface area contributed by atoms with Gasteiger partial charge in [0.25, 0.3) is 0 Å². The Morgan fingerprint density at radius 2 is 1.77 bits per heavy atom. The summed E-state index contributed by atoms with van der Waals surface area (Å²) >= 11 is 0. The summed E-state index contributed by atoms with van der Waals surface area (Å²) in [6.07, 6.45) is 4.91. The van der Waals surface area contributed by atoms with Crippen molar-refractivity contribution in [1.29, 1.82) is 0 Å². The van der Waals surface area contributed by atoms with Crippen molar-refractivity contribution in [2.75, 3.05) is 0 Å². The molecule has 0 spiro atoms. The van der Waals surface area contributed by atoms with E-state index in [1.54, 1.807) is 0 Å². The molecule has 2 aliphatic rings. The molecule has 0 radical (unpaired) electrons. The highest BCUT2D eigenvalue weighted by Crippen LogP contribution is 2.58. The molecule has 114 valence electrons. The van der Waals surface area contributed by atoms with Crippen LogP contribution in [0.5, 0.6) is 0 Å². The highest BCUT2D eigenvalue weighted by molar-refractivity contribution is 6.49. The van der Waals surface area contributed by atoms with E-state index in [9.17, 15) is 0 Å². The lowest BCUT2D eigenvalue weighted by molar-refractivity contribution is 0.00578. The average Bonchev–Trinajstić information content (AvgIpc) is 3.22. The van der Waals surface area contributed by atoms with Gasteiger partial charge < -0.3 is 9.31 Å². The maximum Gasteiger partial charge on any atom is 0.461 e. The van der Waals surface area contributed by atoms with Crippen LogP contribution in [0.1, 0.15) is 45.6 Å². The molecule has 1 aliphatic heterocycles. The minimum Gasteiger partial charge on any atom is -0.403 e. The molecular weight excluding hydrogens is 273 g/mol. The number of aromatic nitrogens is 1. The standard InChI is InChI=1S/C18H22BNO2/c1-17(2)18(3,4)22-19(21-17)16-10-15(16)13-5-6-14-11-20-8-7-12(14)9-13/h5-9,11,15-16H,10H2,1-4H3. The normalized spacial score (nSPS) is 29.0. The summed E-state index contributed by atoms with van der Waals surface area (Å²) < 4.78 is 12.4. The van der Waals surface area contributed by atoms with Gasteiger partial charge in [0, 0.05) is 23.6 Å². The van der Waals surface area contributed by atoms with Crippen molar-refractivity contribution in [3.8, 4) is 0 Å². The van der Waals surface area contributed by atoms with Gasteiger partial charge in [0.1, 0.15) is 0 Å². The van der Waals surface area contributed by atoms with Gasteiger partial charge in [-0.2, -0.15) is 0 Å². The predicted molar refractivity (Wildman–Crippen MR) is 88.9 cm³/mol. The van der Waals surface area contributed by atoms with Crippen molar-refractivity contribution < 1.29 is 9.31 Å². The molecule has 1 aromatic heterocycles. The first-order valence-electron chi connectivity index (χ1n) is 8.07. The molecule has 4 heteroatoms. The fourth-order valence-corrected chi connectivity index (χ4v) is 3.29. The predicted octanol–water partition coefficient (Wildman–Crippen LogP) is 4.18. The highest BCUT2D eigenvalue weighted by atomic mass is 16.7. The topological polar surface area (TPSA) is 31.4 Å². The second-order valence-electron chi connectivity index (χ2n) is 7.61. The summed E-state index contributed by atoms with van der Waals surface area (Å²) in [6.45, 7) is 8.47. The molecule has 2 unspecified atom stereocenters. The monoisotopic (exact) mass is 295 g/mol.